The Morgan fingerprint density at radius 3 is 2.78 bits per heavy atom. The molecule has 18 heavy (non-hydrogen) atoms. The van der Waals surface area contributed by atoms with Crippen LogP contribution >= 0.6 is 12.4 Å². The summed E-state index contributed by atoms with van der Waals surface area (Å²) in [7, 11) is 1.82. The maximum absolute atomic E-state index is 13.4. The number of benzene rings is 1. The standard InChI is InChI=1S/C12H14F2N2O.ClH/c1-15-8-5-6-16(7-8)12(17)9-3-2-4-10(13)11(9)14;/h2-4,8,15H,5-7H2,1H3;1H. The summed E-state index contributed by atoms with van der Waals surface area (Å²) in [6, 6.07) is 3.90. The monoisotopic (exact) mass is 276 g/mol. The zero-order valence-corrected chi connectivity index (χ0v) is 10.8. The number of nitrogens with zero attached hydrogens (tertiary/aromatic N) is 1. The molecule has 1 fully saturated rings. The molecular weight excluding hydrogens is 262 g/mol. The summed E-state index contributed by atoms with van der Waals surface area (Å²) in [6.07, 6.45) is 0.833. The predicted molar refractivity (Wildman–Crippen MR) is 67.0 cm³/mol. The molecule has 1 saturated heterocycles. The predicted octanol–water partition coefficient (Wildman–Crippen LogP) is 1.82. The van der Waals surface area contributed by atoms with E-state index in [-0.39, 0.29) is 24.0 Å². The van der Waals surface area contributed by atoms with E-state index in [1.165, 1.54) is 12.1 Å². The van der Waals surface area contributed by atoms with E-state index in [2.05, 4.69) is 5.32 Å². The Hall–Kier alpha value is -1.20. The molecule has 0 aliphatic carbocycles. The minimum absolute atomic E-state index is 0. The van der Waals surface area contributed by atoms with Gasteiger partial charge in [-0.25, -0.2) is 8.78 Å². The zero-order chi connectivity index (χ0) is 12.4. The second-order valence-electron chi connectivity index (χ2n) is 4.13. The van der Waals surface area contributed by atoms with Gasteiger partial charge in [0.05, 0.1) is 5.56 Å². The van der Waals surface area contributed by atoms with Gasteiger partial charge < -0.3 is 10.2 Å². The summed E-state index contributed by atoms with van der Waals surface area (Å²) < 4.78 is 26.5. The topological polar surface area (TPSA) is 32.3 Å². The Kier molecular flexibility index (Phi) is 5.04. The van der Waals surface area contributed by atoms with Gasteiger partial charge in [0.25, 0.3) is 5.91 Å². The molecule has 6 heteroatoms. The molecule has 0 aromatic heterocycles. The van der Waals surface area contributed by atoms with E-state index in [1.807, 2.05) is 7.05 Å². The summed E-state index contributed by atoms with van der Waals surface area (Å²) >= 11 is 0. The Balaban J connectivity index is 0.00000162. The number of carbonyl (C=O) groups is 1. The highest BCUT2D eigenvalue weighted by Gasteiger charge is 2.27. The fraction of sp³-hybridized carbons (Fsp3) is 0.417. The van der Waals surface area contributed by atoms with Crippen LogP contribution in [0.2, 0.25) is 0 Å². The first-order chi connectivity index (χ1) is 8.13. The lowest BCUT2D eigenvalue weighted by atomic mass is 10.2. The smallest absolute Gasteiger partial charge is 0.256 e. The number of likely N-dealkylation sites (tertiary alicyclic amines) is 1. The van der Waals surface area contributed by atoms with Crippen molar-refractivity contribution in [1.82, 2.24) is 10.2 Å². The van der Waals surface area contributed by atoms with Crippen molar-refractivity contribution in [1.29, 1.82) is 0 Å². The van der Waals surface area contributed by atoms with E-state index in [1.54, 1.807) is 4.90 Å². The van der Waals surface area contributed by atoms with Crippen molar-refractivity contribution in [3.8, 4) is 0 Å². The minimum Gasteiger partial charge on any atom is -0.337 e. The number of rotatable bonds is 2. The van der Waals surface area contributed by atoms with Crippen LogP contribution in [0.5, 0.6) is 0 Å². The third-order valence-electron chi connectivity index (χ3n) is 3.07. The minimum atomic E-state index is -1.06. The van der Waals surface area contributed by atoms with Gasteiger partial charge in [0.1, 0.15) is 0 Å². The molecule has 0 saturated carbocycles. The molecular formula is C12H15ClF2N2O. The highest BCUT2D eigenvalue weighted by atomic mass is 35.5. The average molecular weight is 277 g/mol. The first kappa shape index (κ1) is 14.9. The molecule has 3 nitrogen and oxygen atoms in total. The number of hydrogen-bond donors (Lipinski definition) is 1. The van der Waals surface area contributed by atoms with E-state index in [9.17, 15) is 13.6 Å². The second-order valence-corrected chi connectivity index (χ2v) is 4.13. The summed E-state index contributed by atoms with van der Waals surface area (Å²) in [6.45, 7) is 1.10. The maximum Gasteiger partial charge on any atom is 0.256 e. The molecule has 1 aliphatic rings. The normalized spacial score (nSPS) is 18.6. The van der Waals surface area contributed by atoms with E-state index >= 15 is 0 Å². The van der Waals surface area contributed by atoms with Crippen molar-refractivity contribution < 1.29 is 13.6 Å². The van der Waals surface area contributed by atoms with Crippen LogP contribution in [0.15, 0.2) is 18.2 Å². The van der Waals surface area contributed by atoms with Crippen molar-refractivity contribution in [2.75, 3.05) is 20.1 Å². The lowest BCUT2D eigenvalue weighted by molar-refractivity contribution is 0.0784. The highest BCUT2D eigenvalue weighted by molar-refractivity contribution is 5.94. The van der Waals surface area contributed by atoms with E-state index in [0.29, 0.717) is 13.1 Å². The quantitative estimate of drug-likeness (QED) is 0.894. The highest BCUT2D eigenvalue weighted by Crippen LogP contribution is 2.17. The molecule has 1 N–H and O–H groups in total. The Morgan fingerprint density at radius 2 is 2.17 bits per heavy atom. The van der Waals surface area contributed by atoms with E-state index in [4.69, 9.17) is 0 Å². The molecule has 0 radical (unpaired) electrons. The van der Waals surface area contributed by atoms with Crippen LogP contribution in [-0.4, -0.2) is 37.0 Å². The van der Waals surface area contributed by atoms with Crippen LogP contribution in [0.3, 0.4) is 0 Å². The van der Waals surface area contributed by atoms with Crippen molar-refractivity contribution in [2.45, 2.75) is 12.5 Å². The van der Waals surface area contributed by atoms with E-state index in [0.717, 1.165) is 12.5 Å². The maximum atomic E-state index is 13.4. The van der Waals surface area contributed by atoms with Gasteiger partial charge in [-0.05, 0) is 25.6 Å². The molecule has 100 valence electrons. The third kappa shape index (κ3) is 2.79. The van der Waals surface area contributed by atoms with Crippen LogP contribution in [0, 0.1) is 11.6 Å². The summed E-state index contributed by atoms with van der Waals surface area (Å²) in [5.41, 5.74) is -0.193. The largest absolute Gasteiger partial charge is 0.337 e. The first-order valence-electron chi connectivity index (χ1n) is 5.54. The summed E-state index contributed by atoms with van der Waals surface area (Å²) in [5, 5.41) is 3.06. The van der Waals surface area contributed by atoms with Gasteiger partial charge in [-0.2, -0.15) is 0 Å². The molecule has 0 spiro atoms. The second kappa shape index (κ2) is 6.11. The molecule has 1 amide bonds. The molecule has 0 bridgehead atoms. The Labute approximate surface area is 111 Å². The number of hydrogen-bond acceptors (Lipinski definition) is 2. The van der Waals surface area contributed by atoms with Crippen molar-refractivity contribution in [3.05, 3.63) is 35.4 Å². The van der Waals surface area contributed by atoms with Crippen molar-refractivity contribution in [2.24, 2.45) is 0 Å². The van der Waals surface area contributed by atoms with Gasteiger partial charge in [-0.3, -0.25) is 4.79 Å². The van der Waals surface area contributed by atoms with Crippen molar-refractivity contribution in [3.63, 3.8) is 0 Å². The summed E-state index contributed by atoms with van der Waals surface area (Å²) in [5.74, 6) is -2.50. The van der Waals surface area contributed by atoms with Crippen LogP contribution in [0.25, 0.3) is 0 Å². The number of halogens is 3. The number of nitrogens with one attached hydrogen (secondary N) is 1. The van der Waals surface area contributed by atoms with Gasteiger partial charge in [-0.1, -0.05) is 6.07 Å². The first-order valence-corrected chi connectivity index (χ1v) is 5.54. The van der Waals surface area contributed by atoms with Gasteiger partial charge in [0, 0.05) is 19.1 Å². The number of carbonyl (C=O) groups excluding carboxylic acids is 1. The van der Waals surface area contributed by atoms with Crippen LogP contribution in [-0.2, 0) is 0 Å². The number of likely N-dealkylation sites (N-methyl/N-ethyl adjacent to an activating group) is 1. The van der Waals surface area contributed by atoms with E-state index < -0.39 is 17.5 Å². The molecule has 1 aromatic rings. The van der Waals surface area contributed by atoms with Crippen LogP contribution in [0.1, 0.15) is 16.8 Å². The average Bonchev–Trinajstić information content (AvgIpc) is 2.80. The Bertz CT molecular complexity index is 442. The molecule has 1 unspecified atom stereocenters. The fourth-order valence-electron chi connectivity index (χ4n) is 2.02. The SMILES string of the molecule is CNC1CCN(C(=O)c2cccc(F)c2F)C1.Cl. The van der Waals surface area contributed by atoms with Crippen LogP contribution < -0.4 is 5.32 Å². The van der Waals surface area contributed by atoms with Gasteiger partial charge in [0.15, 0.2) is 11.6 Å². The molecule has 1 heterocycles. The summed E-state index contributed by atoms with van der Waals surface area (Å²) in [4.78, 5) is 13.5. The van der Waals surface area contributed by atoms with Gasteiger partial charge >= 0.3 is 0 Å². The molecule has 1 aromatic carbocycles. The number of amides is 1. The Morgan fingerprint density at radius 1 is 1.44 bits per heavy atom. The van der Waals surface area contributed by atoms with Crippen LogP contribution in [0.4, 0.5) is 8.78 Å². The fourth-order valence-corrected chi connectivity index (χ4v) is 2.02. The van der Waals surface area contributed by atoms with Gasteiger partial charge in [-0.15, -0.1) is 12.4 Å². The van der Waals surface area contributed by atoms with Crippen molar-refractivity contribution >= 4 is 18.3 Å². The molecule has 2 rings (SSSR count). The molecule has 1 atom stereocenters. The molecule has 1 aliphatic heterocycles. The lowest BCUT2D eigenvalue weighted by Crippen LogP contribution is -2.33. The lowest BCUT2D eigenvalue weighted by Gasteiger charge is -2.16. The zero-order valence-electron chi connectivity index (χ0n) is 9.95. The van der Waals surface area contributed by atoms with Gasteiger partial charge in [0.2, 0.25) is 0 Å². The third-order valence-corrected chi connectivity index (χ3v) is 3.07.